The highest BCUT2D eigenvalue weighted by molar-refractivity contribution is 5.95. The highest BCUT2D eigenvalue weighted by atomic mass is 19.1. The Kier molecular flexibility index (Phi) is 5.97. The van der Waals surface area contributed by atoms with E-state index in [0.29, 0.717) is 11.1 Å². The van der Waals surface area contributed by atoms with Crippen LogP contribution in [0.15, 0.2) is 48.5 Å². The van der Waals surface area contributed by atoms with Crippen LogP contribution in [-0.4, -0.2) is 18.4 Å². The van der Waals surface area contributed by atoms with Gasteiger partial charge in [-0.3, -0.25) is 20.4 Å². The summed E-state index contributed by atoms with van der Waals surface area (Å²) in [6.45, 7) is 1.68. The van der Waals surface area contributed by atoms with Gasteiger partial charge in [-0.2, -0.15) is 0 Å². The number of nitrogens with one attached hydrogen (secondary N) is 2. The summed E-state index contributed by atoms with van der Waals surface area (Å²) in [6.07, 6.45) is 0. The molecule has 5 nitrogen and oxygen atoms in total. The molecular weight excluding hydrogens is 316 g/mol. The van der Waals surface area contributed by atoms with Gasteiger partial charge in [0, 0.05) is 17.2 Å². The minimum atomic E-state index is -0.656. The lowest BCUT2D eigenvalue weighted by atomic mass is 10.1. The minimum absolute atomic E-state index is 0.0208. The maximum Gasteiger partial charge on any atom is 0.293 e. The van der Waals surface area contributed by atoms with E-state index in [1.807, 2.05) is 0 Å². The summed E-state index contributed by atoms with van der Waals surface area (Å²) in [5, 5.41) is 1.58. The summed E-state index contributed by atoms with van der Waals surface area (Å²) in [6, 6.07) is 11.4. The van der Waals surface area contributed by atoms with Gasteiger partial charge in [0.05, 0.1) is 0 Å². The van der Waals surface area contributed by atoms with Gasteiger partial charge in [-0.1, -0.05) is 18.2 Å². The van der Waals surface area contributed by atoms with Gasteiger partial charge in [0.25, 0.3) is 11.8 Å². The van der Waals surface area contributed by atoms with Crippen molar-refractivity contribution in [2.45, 2.75) is 13.0 Å². The van der Waals surface area contributed by atoms with Crippen molar-refractivity contribution in [3.8, 4) is 0 Å². The molecule has 0 spiro atoms. The molecule has 0 saturated heterocycles. The van der Waals surface area contributed by atoms with Gasteiger partial charge in [0.1, 0.15) is 17.7 Å². The highest BCUT2D eigenvalue weighted by Gasteiger charge is 2.16. The van der Waals surface area contributed by atoms with Gasteiger partial charge < -0.3 is 5.32 Å². The number of hydrazine groups is 1. The lowest BCUT2D eigenvalue weighted by Gasteiger charge is -2.12. The molecule has 126 valence electrons. The van der Waals surface area contributed by atoms with Gasteiger partial charge in [0.2, 0.25) is 0 Å². The summed E-state index contributed by atoms with van der Waals surface area (Å²) in [7, 11) is 0. The lowest BCUT2D eigenvalue weighted by Crippen LogP contribution is -2.87. The number of nitrogens with two attached hydrogens (primary N) is 1. The smallest absolute Gasteiger partial charge is 0.293 e. The summed E-state index contributed by atoms with van der Waals surface area (Å²) in [5.41, 5.74) is 5.31. The molecule has 0 fully saturated rings. The van der Waals surface area contributed by atoms with Crippen LogP contribution in [0.4, 0.5) is 8.78 Å². The molecule has 0 unspecified atom stereocenters. The number of hydrogen-bond acceptors (Lipinski definition) is 2. The van der Waals surface area contributed by atoms with Crippen molar-refractivity contribution >= 4 is 11.8 Å². The highest BCUT2D eigenvalue weighted by Crippen LogP contribution is 2.14. The van der Waals surface area contributed by atoms with Crippen LogP contribution in [0.2, 0.25) is 0 Å². The Hall–Kier alpha value is -2.80. The van der Waals surface area contributed by atoms with Crippen LogP contribution in [0.1, 0.15) is 28.9 Å². The molecule has 4 N–H and O–H groups in total. The molecule has 2 aromatic carbocycles. The Morgan fingerprint density at radius 3 is 2.46 bits per heavy atom. The molecule has 0 aromatic heterocycles. The largest absolute Gasteiger partial charge is 0.332 e. The SMILES string of the molecule is C[C@@H]([NH2+]CC(=O)NNC(=O)c1ccccc1)c1ccc(F)cc1F. The van der Waals surface area contributed by atoms with Crippen LogP contribution in [-0.2, 0) is 4.79 Å². The van der Waals surface area contributed by atoms with Crippen LogP contribution < -0.4 is 16.2 Å². The van der Waals surface area contributed by atoms with Crippen molar-refractivity contribution in [3.05, 3.63) is 71.3 Å². The zero-order chi connectivity index (χ0) is 17.5. The zero-order valence-electron chi connectivity index (χ0n) is 13.1. The molecule has 24 heavy (non-hydrogen) atoms. The van der Waals surface area contributed by atoms with Crippen molar-refractivity contribution in [2.24, 2.45) is 0 Å². The fourth-order valence-electron chi connectivity index (χ4n) is 2.12. The number of halogens is 2. The average molecular weight is 334 g/mol. The first-order valence-corrected chi connectivity index (χ1v) is 7.40. The minimum Gasteiger partial charge on any atom is -0.332 e. The van der Waals surface area contributed by atoms with E-state index >= 15 is 0 Å². The number of amides is 2. The fourth-order valence-corrected chi connectivity index (χ4v) is 2.12. The predicted molar refractivity (Wildman–Crippen MR) is 83.6 cm³/mol. The molecule has 0 radical (unpaired) electrons. The third kappa shape index (κ3) is 4.85. The van der Waals surface area contributed by atoms with Crippen LogP contribution in [0.25, 0.3) is 0 Å². The second-order valence-corrected chi connectivity index (χ2v) is 5.26. The topological polar surface area (TPSA) is 74.8 Å². The number of hydrogen-bond donors (Lipinski definition) is 3. The maximum atomic E-state index is 13.6. The van der Waals surface area contributed by atoms with E-state index in [1.54, 1.807) is 42.6 Å². The molecule has 1 atom stereocenters. The van der Waals surface area contributed by atoms with Gasteiger partial charge in [-0.15, -0.1) is 0 Å². The van der Waals surface area contributed by atoms with Crippen LogP contribution in [0.3, 0.4) is 0 Å². The van der Waals surface area contributed by atoms with Gasteiger partial charge in [-0.25, -0.2) is 8.78 Å². The number of carbonyl (C=O) groups excluding carboxylic acids is 2. The predicted octanol–water partition coefficient (Wildman–Crippen LogP) is 1.05. The molecule has 0 saturated carbocycles. The van der Waals surface area contributed by atoms with E-state index in [-0.39, 0.29) is 12.6 Å². The molecule has 0 aliphatic carbocycles. The molecule has 0 aliphatic rings. The van der Waals surface area contributed by atoms with Gasteiger partial charge in [0.15, 0.2) is 6.54 Å². The van der Waals surface area contributed by atoms with E-state index in [4.69, 9.17) is 0 Å². The monoisotopic (exact) mass is 334 g/mol. The molecule has 0 aliphatic heterocycles. The normalized spacial score (nSPS) is 11.6. The lowest BCUT2D eigenvalue weighted by molar-refractivity contribution is -0.682. The Bertz CT molecular complexity index is 723. The molecule has 7 heteroatoms. The Morgan fingerprint density at radius 2 is 1.79 bits per heavy atom. The Labute approximate surface area is 138 Å². The molecule has 2 aromatic rings. The Balaban J connectivity index is 1.79. The maximum absolute atomic E-state index is 13.6. The van der Waals surface area contributed by atoms with Crippen molar-refractivity contribution in [3.63, 3.8) is 0 Å². The second kappa shape index (κ2) is 8.16. The van der Waals surface area contributed by atoms with Crippen LogP contribution in [0.5, 0.6) is 0 Å². The van der Waals surface area contributed by atoms with E-state index in [0.717, 1.165) is 6.07 Å². The van der Waals surface area contributed by atoms with Crippen LogP contribution >= 0.6 is 0 Å². The standard InChI is InChI=1S/C17H17F2N3O2/c1-11(14-8-7-13(18)9-15(14)19)20-10-16(23)21-22-17(24)12-5-3-2-4-6-12/h2-9,11,20H,10H2,1H3,(H,21,23)(H,22,24)/p+1/t11-/m1/s1. The number of benzene rings is 2. The first-order chi connectivity index (χ1) is 11.5. The van der Waals surface area contributed by atoms with Gasteiger partial charge >= 0.3 is 0 Å². The summed E-state index contributed by atoms with van der Waals surface area (Å²) >= 11 is 0. The number of rotatable bonds is 5. The molecular formula is C17H18F2N3O2+. The van der Waals surface area contributed by atoms with Gasteiger partial charge in [-0.05, 0) is 31.2 Å². The van der Waals surface area contributed by atoms with Crippen molar-refractivity contribution in [1.29, 1.82) is 0 Å². The third-order valence-corrected chi connectivity index (χ3v) is 3.46. The summed E-state index contributed by atoms with van der Waals surface area (Å²) < 4.78 is 26.5. The summed E-state index contributed by atoms with van der Waals surface area (Å²) in [4.78, 5) is 23.5. The molecule has 0 bridgehead atoms. The molecule has 2 amide bonds. The van der Waals surface area contributed by atoms with Crippen molar-refractivity contribution in [1.82, 2.24) is 10.9 Å². The van der Waals surface area contributed by atoms with E-state index in [9.17, 15) is 18.4 Å². The second-order valence-electron chi connectivity index (χ2n) is 5.26. The third-order valence-electron chi connectivity index (χ3n) is 3.46. The van der Waals surface area contributed by atoms with E-state index in [1.165, 1.54) is 12.1 Å². The Morgan fingerprint density at radius 1 is 1.08 bits per heavy atom. The molecule has 2 rings (SSSR count). The van der Waals surface area contributed by atoms with E-state index in [2.05, 4.69) is 10.9 Å². The zero-order valence-corrected chi connectivity index (χ0v) is 13.1. The molecule has 0 heterocycles. The summed E-state index contributed by atoms with van der Waals surface area (Å²) in [5.74, 6) is -2.17. The average Bonchev–Trinajstić information content (AvgIpc) is 2.58. The fraction of sp³-hybridized carbons (Fsp3) is 0.176. The van der Waals surface area contributed by atoms with Crippen LogP contribution in [0, 0.1) is 11.6 Å². The quantitative estimate of drug-likeness (QED) is 0.715. The number of carbonyl (C=O) groups is 2. The number of quaternary nitrogens is 1. The van der Waals surface area contributed by atoms with Crippen molar-refractivity contribution in [2.75, 3.05) is 6.54 Å². The first-order valence-electron chi connectivity index (χ1n) is 7.40. The van der Waals surface area contributed by atoms with Crippen molar-refractivity contribution < 1.29 is 23.7 Å². The van der Waals surface area contributed by atoms with E-state index < -0.39 is 23.4 Å². The first kappa shape index (κ1) is 17.6.